The van der Waals surface area contributed by atoms with Crippen LogP contribution >= 0.6 is 0 Å². The molecule has 1 aliphatic heterocycles. The van der Waals surface area contributed by atoms with Gasteiger partial charge in [0.05, 0.1) is 25.9 Å². The summed E-state index contributed by atoms with van der Waals surface area (Å²) >= 11 is 0. The molecule has 0 bridgehead atoms. The van der Waals surface area contributed by atoms with Crippen molar-refractivity contribution in [3.05, 3.63) is 10.4 Å². The van der Waals surface area contributed by atoms with E-state index in [0.717, 1.165) is 0 Å². The number of nitrogens with one attached hydrogen (secondary N) is 1. The molecule has 0 radical (unpaired) electrons. The van der Waals surface area contributed by atoms with Crippen molar-refractivity contribution in [2.75, 3.05) is 13.7 Å². The van der Waals surface area contributed by atoms with Crippen molar-refractivity contribution < 1.29 is 28.5 Å². The first-order chi connectivity index (χ1) is 12.5. The van der Waals surface area contributed by atoms with Gasteiger partial charge in [-0.2, -0.15) is 0 Å². The number of nitrogens with zero attached hydrogens (tertiary/aromatic N) is 3. The molecular weight excluding hydrogens is 356 g/mol. The molecule has 0 aromatic rings. The van der Waals surface area contributed by atoms with E-state index in [2.05, 4.69) is 15.3 Å². The quantitative estimate of drug-likeness (QED) is 0.295. The summed E-state index contributed by atoms with van der Waals surface area (Å²) < 4.78 is 21.2. The van der Waals surface area contributed by atoms with Crippen molar-refractivity contribution >= 4 is 12.1 Å². The molecule has 3 atom stereocenters. The number of esters is 1. The highest BCUT2D eigenvalue weighted by atomic mass is 16.7. The predicted octanol–water partition coefficient (Wildman–Crippen LogP) is 3.05. The van der Waals surface area contributed by atoms with Gasteiger partial charge in [0.15, 0.2) is 5.79 Å². The van der Waals surface area contributed by atoms with Gasteiger partial charge >= 0.3 is 12.1 Å². The first-order valence-electron chi connectivity index (χ1n) is 8.91. The maximum absolute atomic E-state index is 11.9. The molecule has 1 aliphatic rings. The van der Waals surface area contributed by atoms with Crippen LogP contribution in [0, 0.1) is 0 Å². The van der Waals surface area contributed by atoms with Gasteiger partial charge in [-0.1, -0.05) is 11.5 Å². The first kappa shape index (κ1) is 23.0. The van der Waals surface area contributed by atoms with Crippen molar-refractivity contribution in [2.45, 2.75) is 83.5 Å². The summed E-state index contributed by atoms with van der Waals surface area (Å²) in [5.74, 6) is -1.29. The van der Waals surface area contributed by atoms with Gasteiger partial charge in [0.2, 0.25) is 0 Å². The molecule has 1 fully saturated rings. The minimum atomic E-state index is -0.853. The Kier molecular flexibility index (Phi) is 8.33. The van der Waals surface area contributed by atoms with E-state index in [1.54, 1.807) is 34.6 Å². The molecule has 1 heterocycles. The normalized spacial score (nSPS) is 20.9. The Labute approximate surface area is 159 Å². The Morgan fingerprint density at radius 3 is 2.52 bits per heavy atom. The van der Waals surface area contributed by atoms with Crippen LogP contribution in [0.15, 0.2) is 5.11 Å². The van der Waals surface area contributed by atoms with Crippen LogP contribution < -0.4 is 5.32 Å². The van der Waals surface area contributed by atoms with E-state index < -0.39 is 35.5 Å². The number of carbonyl (C=O) groups is 2. The van der Waals surface area contributed by atoms with E-state index in [9.17, 15) is 9.59 Å². The number of hydrogen-bond donors (Lipinski definition) is 1. The highest BCUT2D eigenvalue weighted by Gasteiger charge is 2.37. The van der Waals surface area contributed by atoms with E-state index in [1.165, 1.54) is 7.11 Å². The molecule has 1 N–H and O–H groups in total. The number of alkyl carbamates (subject to hydrolysis) is 1. The van der Waals surface area contributed by atoms with Gasteiger partial charge in [-0.15, -0.1) is 0 Å². The summed E-state index contributed by atoms with van der Waals surface area (Å²) in [5, 5.41) is 6.31. The van der Waals surface area contributed by atoms with Gasteiger partial charge in [0, 0.05) is 4.91 Å². The number of carbonyl (C=O) groups excluding carboxylic acids is 2. The van der Waals surface area contributed by atoms with Gasteiger partial charge in [-0.05, 0) is 53.0 Å². The Bertz CT molecular complexity index is 568. The zero-order valence-electron chi connectivity index (χ0n) is 16.9. The SMILES string of the molecule is COC(=O)[C@H](CCC[C@H](N=[N+]=[N-])[C@H]1COC(C)(C)O1)NC(=O)OC(C)(C)C. The topological polar surface area (TPSA) is 132 Å². The summed E-state index contributed by atoms with van der Waals surface area (Å²) in [6.07, 6.45) is 0.224. The average molecular weight is 386 g/mol. The van der Waals surface area contributed by atoms with Crippen LogP contribution in [0.4, 0.5) is 4.79 Å². The lowest BCUT2D eigenvalue weighted by molar-refractivity contribution is -0.143. The van der Waals surface area contributed by atoms with Crippen LogP contribution in [-0.2, 0) is 23.7 Å². The Hall–Kier alpha value is -2.03. The fraction of sp³-hybridized carbons (Fsp3) is 0.882. The second-order valence-corrected chi connectivity index (χ2v) is 7.79. The number of rotatable bonds is 8. The zero-order chi connectivity index (χ0) is 20.7. The van der Waals surface area contributed by atoms with Crippen LogP contribution in [-0.4, -0.2) is 55.4 Å². The van der Waals surface area contributed by atoms with Crippen molar-refractivity contribution in [3.8, 4) is 0 Å². The molecule has 1 rings (SSSR count). The molecule has 0 spiro atoms. The standard InChI is InChI=1S/C17H30N4O6/c1-16(2,3)27-15(23)19-12(14(22)24-6)9-7-8-11(20-21-18)13-10-25-17(4,5)26-13/h11-13H,7-10H2,1-6H3,(H,19,23)/t11-,12-,13+/m0/s1. The second kappa shape index (κ2) is 9.77. The van der Waals surface area contributed by atoms with Gasteiger partial charge in [0.25, 0.3) is 0 Å². The summed E-state index contributed by atoms with van der Waals surface area (Å²) in [6.45, 7) is 9.10. The smallest absolute Gasteiger partial charge is 0.408 e. The molecular formula is C17H30N4O6. The fourth-order valence-corrected chi connectivity index (χ4v) is 2.66. The first-order valence-corrected chi connectivity index (χ1v) is 8.91. The third kappa shape index (κ3) is 8.47. The number of azide groups is 1. The third-order valence-corrected chi connectivity index (χ3v) is 3.83. The highest BCUT2D eigenvalue weighted by Crippen LogP contribution is 2.27. The largest absolute Gasteiger partial charge is 0.467 e. The lowest BCUT2D eigenvalue weighted by Crippen LogP contribution is -2.44. The zero-order valence-corrected chi connectivity index (χ0v) is 16.9. The number of ether oxygens (including phenoxy) is 4. The number of methoxy groups -OCH3 is 1. The van der Waals surface area contributed by atoms with E-state index in [1.807, 2.05) is 0 Å². The summed E-state index contributed by atoms with van der Waals surface area (Å²) in [6, 6.07) is -1.29. The minimum absolute atomic E-state index is 0.306. The fourth-order valence-electron chi connectivity index (χ4n) is 2.66. The van der Waals surface area contributed by atoms with Gasteiger partial charge in [-0.3, -0.25) is 0 Å². The minimum Gasteiger partial charge on any atom is -0.467 e. The monoisotopic (exact) mass is 386 g/mol. The molecule has 0 aromatic carbocycles. The van der Waals surface area contributed by atoms with Gasteiger partial charge < -0.3 is 24.3 Å². The molecule has 0 aromatic heterocycles. The van der Waals surface area contributed by atoms with E-state index in [-0.39, 0.29) is 6.10 Å². The molecule has 10 nitrogen and oxygen atoms in total. The van der Waals surface area contributed by atoms with Crippen LogP contribution in [0.2, 0.25) is 0 Å². The van der Waals surface area contributed by atoms with Crippen molar-refractivity contribution in [1.29, 1.82) is 0 Å². The van der Waals surface area contributed by atoms with E-state index >= 15 is 0 Å². The van der Waals surface area contributed by atoms with Gasteiger partial charge in [0.1, 0.15) is 11.6 Å². The van der Waals surface area contributed by atoms with E-state index in [0.29, 0.717) is 25.9 Å². The second-order valence-electron chi connectivity index (χ2n) is 7.79. The van der Waals surface area contributed by atoms with Crippen molar-refractivity contribution in [2.24, 2.45) is 5.11 Å². The molecule has 27 heavy (non-hydrogen) atoms. The molecule has 0 aliphatic carbocycles. The lowest BCUT2D eigenvalue weighted by atomic mass is 10.0. The molecule has 0 unspecified atom stereocenters. The van der Waals surface area contributed by atoms with Gasteiger partial charge in [-0.25, -0.2) is 9.59 Å². The summed E-state index contributed by atoms with van der Waals surface area (Å²) in [5.41, 5.74) is 8.13. The predicted molar refractivity (Wildman–Crippen MR) is 96.9 cm³/mol. The van der Waals surface area contributed by atoms with Crippen molar-refractivity contribution in [3.63, 3.8) is 0 Å². The number of hydrogen-bond acceptors (Lipinski definition) is 7. The van der Waals surface area contributed by atoms with Crippen LogP contribution in [0.1, 0.15) is 53.9 Å². The molecule has 1 amide bonds. The molecule has 10 heteroatoms. The maximum atomic E-state index is 11.9. The Balaban J connectivity index is 2.61. The van der Waals surface area contributed by atoms with Crippen molar-refractivity contribution in [1.82, 2.24) is 5.32 Å². The third-order valence-electron chi connectivity index (χ3n) is 3.83. The Morgan fingerprint density at radius 1 is 1.37 bits per heavy atom. The Morgan fingerprint density at radius 2 is 2.04 bits per heavy atom. The lowest BCUT2D eigenvalue weighted by Gasteiger charge is -2.23. The maximum Gasteiger partial charge on any atom is 0.408 e. The average Bonchev–Trinajstić information content (AvgIpc) is 2.90. The van der Waals surface area contributed by atoms with Crippen LogP contribution in [0.25, 0.3) is 10.4 Å². The summed E-state index contributed by atoms with van der Waals surface area (Å²) in [4.78, 5) is 26.7. The molecule has 1 saturated heterocycles. The summed E-state index contributed by atoms with van der Waals surface area (Å²) in [7, 11) is 1.25. The van der Waals surface area contributed by atoms with Crippen LogP contribution in [0.5, 0.6) is 0 Å². The number of amides is 1. The molecule has 0 saturated carbocycles. The molecule has 154 valence electrons. The van der Waals surface area contributed by atoms with E-state index in [4.69, 9.17) is 24.5 Å². The van der Waals surface area contributed by atoms with Crippen LogP contribution in [0.3, 0.4) is 0 Å². The highest BCUT2D eigenvalue weighted by molar-refractivity contribution is 5.81.